The molecule has 0 heterocycles. The number of nitrogens with one attached hydrogen (secondary N) is 1. The second-order valence-corrected chi connectivity index (χ2v) is 7.19. The number of hydrogen-bond donors (Lipinski definition) is 1. The normalized spacial score (nSPS) is 10.4. The predicted octanol–water partition coefficient (Wildman–Crippen LogP) is 6.33. The Hall–Kier alpha value is -2.50. The lowest BCUT2D eigenvalue weighted by Crippen LogP contribution is -2.13. The van der Waals surface area contributed by atoms with Crippen molar-refractivity contribution in [3.63, 3.8) is 0 Å². The molecule has 0 spiro atoms. The highest BCUT2D eigenvalue weighted by Gasteiger charge is 2.17. The number of carbonyl (C=O) groups is 1. The average Bonchev–Trinajstić information content (AvgIpc) is 2.70. The Morgan fingerprint density at radius 1 is 1.04 bits per heavy atom. The van der Waals surface area contributed by atoms with Crippen LogP contribution in [0.3, 0.4) is 0 Å². The summed E-state index contributed by atoms with van der Waals surface area (Å²) in [6.07, 6.45) is 0. The molecule has 0 aliphatic heterocycles. The zero-order valence-corrected chi connectivity index (χ0v) is 17.6. The summed E-state index contributed by atoms with van der Waals surface area (Å²) in [5.41, 5.74) is 2.06. The molecule has 0 saturated heterocycles. The van der Waals surface area contributed by atoms with Crippen molar-refractivity contribution >= 4 is 39.1 Å². The van der Waals surface area contributed by atoms with Gasteiger partial charge < -0.3 is 14.8 Å². The van der Waals surface area contributed by atoms with Gasteiger partial charge in [0.1, 0.15) is 6.61 Å². The minimum Gasteiger partial charge on any atom is -0.488 e. The van der Waals surface area contributed by atoms with Gasteiger partial charge >= 0.3 is 0 Å². The van der Waals surface area contributed by atoms with Crippen LogP contribution in [0.5, 0.6) is 11.5 Å². The summed E-state index contributed by atoms with van der Waals surface area (Å²) in [6, 6.07) is 20.4. The highest BCUT2D eigenvalue weighted by Crippen LogP contribution is 2.37. The number of hydrogen-bond acceptors (Lipinski definition) is 3. The molecule has 0 aromatic heterocycles. The van der Waals surface area contributed by atoms with E-state index in [-0.39, 0.29) is 5.91 Å². The van der Waals surface area contributed by atoms with Gasteiger partial charge in [0, 0.05) is 10.0 Å². The molecule has 3 rings (SSSR count). The first-order chi connectivity index (χ1) is 13.6. The summed E-state index contributed by atoms with van der Waals surface area (Å²) < 4.78 is 12.3. The van der Waals surface area contributed by atoms with Crippen molar-refractivity contribution in [2.24, 2.45) is 0 Å². The molecule has 0 saturated carbocycles. The van der Waals surface area contributed by atoms with Crippen LogP contribution in [-0.4, -0.2) is 12.5 Å². The molecular weight excluding hydrogens is 442 g/mol. The second-order valence-electron chi connectivity index (χ2n) is 5.93. The summed E-state index contributed by atoms with van der Waals surface area (Å²) in [6.45, 7) is 2.64. The first-order valence-corrected chi connectivity index (χ1v) is 9.94. The lowest BCUT2D eigenvalue weighted by molar-refractivity contribution is 0.102. The van der Waals surface area contributed by atoms with Crippen LogP contribution in [-0.2, 0) is 6.61 Å². The zero-order chi connectivity index (χ0) is 19.9. The van der Waals surface area contributed by atoms with E-state index in [9.17, 15) is 4.79 Å². The third-order valence-electron chi connectivity index (χ3n) is 3.92. The smallest absolute Gasteiger partial charge is 0.255 e. The van der Waals surface area contributed by atoms with Crippen LogP contribution in [0.25, 0.3) is 0 Å². The molecule has 0 unspecified atom stereocenters. The fourth-order valence-corrected chi connectivity index (χ4v) is 3.23. The standard InChI is InChI=1S/C22H19BrClNO3/c1-2-27-21-18(24)12-16(22(26)25-19-11-7-6-10-17(19)23)13-20(21)28-14-15-8-4-3-5-9-15/h3-13H,2,14H2,1H3,(H,25,26). The number of halogens is 2. The molecule has 0 radical (unpaired) electrons. The Morgan fingerprint density at radius 2 is 1.75 bits per heavy atom. The van der Waals surface area contributed by atoms with Crippen LogP contribution in [0, 0.1) is 0 Å². The minimum atomic E-state index is -0.290. The number of rotatable bonds is 7. The number of amides is 1. The summed E-state index contributed by atoms with van der Waals surface area (Å²) in [5, 5.41) is 3.19. The fraction of sp³-hybridized carbons (Fsp3) is 0.136. The molecule has 0 aliphatic rings. The van der Waals surface area contributed by atoms with E-state index in [2.05, 4.69) is 21.2 Å². The molecule has 1 N–H and O–H groups in total. The first kappa shape index (κ1) is 20.2. The fourth-order valence-electron chi connectivity index (χ4n) is 2.58. The summed E-state index contributed by atoms with van der Waals surface area (Å²) in [4.78, 5) is 12.7. The van der Waals surface area contributed by atoms with E-state index in [0.29, 0.717) is 41.0 Å². The summed E-state index contributed by atoms with van der Waals surface area (Å²) in [5.74, 6) is 0.564. The molecule has 3 aromatic rings. The number of carbonyl (C=O) groups excluding carboxylic acids is 1. The van der Waals surface area contributed by atoms with Crippen molar-refractivity contribution in [3.8, 4) is 11.5 Å². The molecule has 0 fully saturated rings. The van der Waals surface area contributed by atoms with Gasteiger partial charge in [0.2, 0.25) is 0 Å². The largest absolute Gasteiger partial charge is 0.488 e. The lowest BCUT2D eigenvalue weighted by Gasteiger charge is -2.15. The van der Waals surface area contributed by atoms with Crippen LogP contribution in [0.4, 0.5) is 5.69 Å². The number of benzene rings is 3. The monoisotopic (exact) mass is 459 g/mol. The second kappa shape index (κ2) is 9.62. The molecule has 6 heteroatoms. The van der Waals surface area contributed by atoms with Gasteiger partial charge in [0.05, 0.1) is 17.3 Å². The van der Waals surface area contributed by atoms with Crippen LogP contribution in [0.15, 0.2) is 71.2 Å². The molecule has 0 bridgehead atoms. The van der Waals surface area contributed by atoms with Gasteiger partial charge in [-0.25, -0.2) is 0 Å². The maximum Gasteiger partial charge on any atom is 0.255 e. The average molecular weight is 461 g/mol. The van der Waals surface area contributed by atoms with Gasteiger partial charge in [-0.2, -0.15) is 0 Å². The number of ether oxygens (including phenoxy) is 2. The van der Waals surface area contributed by atoms with Crippen LogP contribution >= 0.6 is 27.5 Å². The third-order valence-corrected chi connectivity index (χ3v) is 4.89. The highest BCUT2D eigenvalue weighted by molar-refractivity contribution is 9.10. The van der Waals surface area contributed by atoms with E-state index in [4.69, 9.17) is 21.1 Å². The molecule has 0 atom stereocenters. The van der Waals surface area contributed by atoms with Crippen molar-refractivity contribution in [1.82, 2.24) is 0 Å². The topological polar surface area (TPSA) is 47.6 Å². The van der Waals surface area contributed by atoms with Gasteiger partial charge in [0.25, 0.3) is 5.91 Å². The lowest BCUT2D eigenvalue weighted by atomic mass is 10.1. The molecule has 4 nitrogen and oxygen atoms in total. The maximum atomic E-state index is 12.7. The van der Waals surface area contributed by atoms with Gasteiger partial charge in [-0.05, 0) is 52.7 Å². The Balaban J connectivity index is 1.86. The van der Waals surface area contributed by atoms with E-state index < -0.39 is 0 Å². The SMILES string of the molecule is CCOc1c(Cl)cc(C(=O)Nc2ccccc2Br)cc1OCc1ccccc1. The zero-order valence-electron chi connectivity index (χ0n) is 15.2. The van der Waals surface area contributed by atoms with Crippen molar-refractivity contribution in [1.29, 1.82) is 0 Å². The number of para-hydroxylation sites is 1. The Kier molecular flexibility index (Phi) is 6.95. The molecular formula is C22H19BrClNO3. The van der Waals surface area contributed by atoms with Crippen molar-refractivity contribution in [2.45, 2.75) is 13.5 Å². The van der Waals surface area contributed by atoms with E-state index >= 15 is 0 Å². The quantitative estimate of drug-likeness (QED) is 0.448. The van der Waals surface area contributed by atoms with Gasteiger partial charge in [-0.1, -0.05) is 54.1 Å². The van der Waals surface area contributed by atoms with E-state index in [1.54, 1.807) is 12.1 Å². The van der Waals surface area contributed by atoms with Gasteiger partial charge in [-0.3, -0.25) is 4.79 Å². The van der Waals surface area contributed by atoms with Crippen LogP contribution in [0.1, 0.15) is 22.8 Å². The number of anilines is 1. The summed E-state index contributed by atoms with van der Waals surface area (Å²) >= 11 is 9.80. The highest BCUT2D eigenvalue weighted by atomic mass is 79.9. The Bertz CT molecular complexity index is 963. The molecule has 28 heavy (non-hydrogen) atoms. The van der Waals surface area contributed by atoms with Crippen molar-refractivity contribution < 1.29 is 14.3 Å². The molecule has 3 aromatic carbocycles. The van der Waals surface area contributed by atoms with E-state index in [1.165, 1.54) is 0 Å². The Morgan fingerprint density at radius 3 is 2.46 bits per heavy atom. The van der Waals surface area contributed by atoms with Crippen molar-refractivity contribution in [3.05, 3.63) is 87.4 Å². The molecule has 0 aliphatic carbocycles. The van der Waals surface area contributed by atoms with Crippen LogP contribution < -0.4 is 14.8 Å². The van der Waals surface area contributed by atoms with E-state index in [0.717, 1.165) is 10.0 Å². The molecule has 144 valence electrons. The van der Waals surface area contributed by atoms with E-state index in [1.807, 2.05) is 61.5 Å². The minimum absolute atomic E-state index is 0.290. The molecule has 1 amide bonds. The van der Waals surface area contributed by atoms with Crippen molar-refractivity contribution in [2.75, 3.05) is 11.9 Å². The maximum absolute atomic E-state index is 12.7. The Labute approximate surface area is 177 Å². The van der Waals surface area contributed by atoms with Crippen LogP contribution in [0.2, 0.25) is 5.02 Å². The first-order valence-electron chi connectivity index (χ1n) is 8.77. The summed E-state index contributed by atoms with van der Waals surface area (Å²) in [7, 11) is 0. The third kappa shape index (κ3) is 5.06. The van der Waals surface area contributed by atoms with Gasteiger partial charge in [0.15, 0.2) is 11.5 Å². The van der Waals surface area contributed by atoms with Gasteiger partial charge in [-0.15, -0.1) is 0 Å². The predicted molar refractivity (Wildman–Crippen MR) is 115 cm³/mol.